The lowest BCUT2D eigenvalue weighted by molar-refractivity contribution is -0.137. The average molecular weight is 516 g/mol. The van der Waals surface area contributed by atoms with Gasteiger partial charge in [-0.25, -0.2) is 9.97 Å². The number of benzene rings is 2. The number of hydrogen-bond donors (Lipinski definition) is 0. The lowest BCUT2D eigenvalue weighted by Gasteiger charge is -2.15. The first-order valence-corrected chi connectivity index (χ1v) is 13.0. The second kappa shape index (κ2) is 9.15. The highest BCUT2D eigenvalue weighted by molar-refractivity contribution is 7.25. The predicted molar refractivity (Wildman–Crippen MR) is 141 cm³/mol. The first-order chi connectivity index (χ1) is 17.9. The highest BCUT2D eigenvalue weighted by Crippen LogP contribution is 2.46. The van der Waals surface area contributed by atoms with Crippen molar-refractivity contribution in [2.24, 2.45) is 5.92 Å². The number of hydrogen-bond acceptors (Lipinski definition) is 8. The topological polar surface area (TPSA) is 96.5 Å². The smallest absolute Gasteiger partial charge is 0.313 e. The number of esters is 1. The first kappa shape index (κ1) is 23.4. The van der Waals surface area contributed by atoms with Crippen molar-refractivity contribution in [3.05, 3.63) is 70.7 Å². The van der Waals surface area contributed by atoms with E-state index in [2.05, 4.69) is 4.98 Å². The van der Waals surface area contributed by atoms with Crippen LogP contribution in [0.1, 0.15) is 43.9 Å². The monoisotopic (exact) mass is 515 g/mol. The molecule has 9 heteroatoms. The number of fused-ring (bicyclic) bond motifs is 3. The third kappa shape index (κ3) is 4.19. The average Bonchev–Trinajstić information content (AvgIpc) is 3.48. The zero-order chi connectivity index (χ0) is 25.7. The number of carbonyl (C=O) groups excluding carboxylic acids is 1. The van der Waals surface area contributed by atoms with E-state index in [-0.39, 0.29) is 24.0 Å². The van der Waals surface area contributed by atoms with Crippen molar-refractivity contribution in [3.63, 3.8) is 0 Å². The number of thiophene rings is 1. The maximum atomic E-state index is 14.1. The van der Waals surface area contributed by atoms with Gasteiger partial charge in [-0.3, -0.25) is 14.2 Å². The number of aromatic nitrogens is 3. The first-order valence-electron chi connectivity index (χ1n) is 12.2. The van der Waals surface area contributed by atoms with Crippen LogP contribution in [0.15, 0.2) is 58.2 Å². The van der Waals surface area contributed by atoms with Crippen molar-refractivity contribution in [2.75, 3.05) is 7.11 Å². The van der Waals surface area contributed by atoms with Crippen molar-refractivity contribution in [1.29, 1.82) is 0 Å². The molecule has 0 atom stereocenters. The summed E-state index contributed by atoms with van der Waals surface area (Å²) in [5.41, 5.74) is 1.82. The summed E-state index contributed by atoms with van der Waals surface area (Å²) in [5, 5.41) is 1.20. The Hall–Kier alpha value is -3.98. The van der Waals surface area contributed by atoms with Crippen LogP contribution in [0.2, 0.25) is 0 Å². The van der Waals surface area contributed by atoms with Gasteiger partial charge >= 0.3 is 5.97 Å². The molecular weight excluding hydrogens is 490 g/mol. The number of oxazole rings is 1. The molecule has 0 bridgehead atoms. The summed E-state index contributed by atoms with van der Waals surface area (Å²) in [6, 6.07) is 11.3. The lowest BCUT2D eigenvalue weighted by Crippen LogP contribution is -2.24. The Balaban J connectivity index is 1.61. The van der Waals surface area contributed by atoms with Crippen LogP contribution in [0.5, 0.6) is 11.5 Å². The van der Waals surface area contributed by atoms with Gasteiger partial charge in [0.05, 0.1) is 35.9 Å². The summed E-state index contributed by atoms with van der Waals surface area (Å²) in [7, 11) is 1.65. The molecule has 6 rings (SSSR count). The molecule has 0 spiro atoms. The Kier molecular flexibility index (Phi) is 5.79. The van der Waals surface area contributed by atoms with Gasteiger partial charge in [0.25, 0.3) is 5.56 Å². The molecular formula is C28H25N3O5S. The van der Waals surface area contributed by atoms with Gasteiger partial charge in [-0.2, -0.15) is 0 Å². The van der Waals surface area contributed by atoms with Crippen molar-refractivity contribution < 1.29 is 18.7 Å². The maximum absolute atomic E-state index is 14.1. The molecule has 8 nitrogen and oxygen atoms in total. The summed E-state index contributed by atoms with van der Waals surface area (Å²) in [6.07, 6.45) is 5.13. The van der Waals surface area contributed by atoms with Crippen LogP contribution in [0.4, 0.5) is 0 Å². The van der Waals surface area contributed by atoms with E-state index in [1.165, 1.54) is 17.7 Å². The van der Waals surface area contributed by atoms with Gasteiger partial charge in [0.15, 0.2) is 6.39 Å². The van der Waals surface area contributed by atoms with E-state index < -0.39 is 0 Å². The largest absolute Gasteiger partial charge is 0.497 e. The van der Waals surface area contributed by atoms with Crippen LogP contribution < -0.4 is 15.0 Å². The fourth-order valence-electron chi connectivity index (χ4n) is 4.49. The second-order valence-electron chi connectivity index (χ2n) is 9.51. The summed E-state index contributed by atoms with van der Waals surface area (Å²) in [5.74, 6) is 2.13. The van der Waals surface area contributed by atoms with Gasteiger partial charge in [-0.15, -0.1) is 11.3 Å². The Bertz CT molecular complexity index is 1700. The van der Waals surface area contributed by atoms with E-state index in [1.807, 2.05) is 24.3 Å². The molecule has 0 N–H and O–H groups in total. The Morgan fingerprint density at radius 1 is 1.24 bits per heavy atom. The molecule has 37 heavy (non-hydrogen) atoms. The van der Waals surface area contributed by atoms with E-state index >= 15 is 0 Å². The zero-order valence-corrected chi connectivity index (χ0v) is 21.5. The van der Waals surface area contributed by atoms with Crippen molar-refractivity contribution in [1.82, 2.24) is 14.5 Å². The number of methoxy groups -OCH3 is 1. The summed E-state index contributed by atoms with van der Waals surface area (Å²) in [6.45, 7) is 3.76. The number of nitrogens with zero attached hydrogens (tertiary/aromatic N) is 3. The highest BCUT2D eigenvalue weighted by Gasteiger charge is 2.29. The van der Waals surface area contributed by atoms with E-state index in [0.29, 0.717) is 38.9 Å². The van der Waals surface area contributed by atoms with Crippen LogP contribution in [0.3, 0.4) is 0 Å². The predicted octanol–water partition coefficient (Wildman–Crippen LogP) is 5.76. The second-order valence-corrected chi connectivity index (χ2v) is 10.5. The van der Waals surface area contributed by atoms with Crippen molar-refractivity contribution >= 4 is 37.6 Å². The van der Waals surface area contributed by atoms with Gasteiger partial charge in [0.2, 0.25) is 0 Å². The zero-order valence-electron chi connectivity index (χ0n) is 20.7. The third-order valence-corrected chi connectivity index (χ3v) is 7.69. The summed E-state index contributed by atoms with van der Waals surface area (Å²) in [4.78, 5) is 36.1. The van der Waals surface area contributed by atoms with Gasteiger partial charge < -0.3 is 13.9 Å². The quantitative estimate of drug-likeness (QED) is 0.201. The maximum Gasteiger partial charge on any atom is 0.313 e. The molecule has 0 radical (unpaired) electrons. The Labute approximate surface area is 216 Å². The van der Waals surface area contributed by atoms with Crippen LogP contribution >= 0.6 is 11.3 Å². The molecule has 3 heterocycles. The van der Waals surface area contributed by atoms with Gasteiger partial charge in [0.1, 0.15) is 27.9 Å². The molecule has 1 aliphatic rings. The minimum Gasteiger partial charge on any atom is -0.497 e. The summed E-state index contributed by atoms with van der Waals surface area (Å²) < 4.78 is 19.0. The van der Waals surface area contributed by atoms with E-state index in [4.69, 9.17) is 18.9 Å². The molecule has 188 valence electrons. The number of ether oxygens (including phenoxy) is 2. The van der Waals surface area contributed by atoms with Gasteiger partial charge in [-0.1, -0.05) is 26.0 Å². The molecule has 0 saturated heterocycles. The molecule has 3 aromatic heterocycles. The van der Waals surface area contributed by atoms with Crippen molar-refractivity contribution in [2.45, 2.75) is 39.2 Å². The molecule has 0 aliphatic heterocycles. The fourth-order valence-corrected chi connectivity index (χ4v) is 5.61. The standard InChI is InChI=1S/C28H25N3O5S/c1-15(2)28(33)36-22-6-4-5-20-23-26(37-24(20)22)30-25(31(27(23)32)13-18-12-29-14-35-18)19-10-9-17(34-3)11-21(19)16-7-8-16/h4-6,9-12,14-16H,7-8,13H2,1-3H3. The van der Waals surface area contributed by atoms with Crippen LogP contribution in [-0.4, -0.2) is 27.6 Å². The van der Waals surface area contributed by atoms with Gasteiger partial charge in [0, 0.05) is 10.9 Å². The van der Waals surface area contributed by atoms with Gasteiger partial charge in [-0.05, 0) is 48.6 Å². The van der Waals surface area contributed by atoms with E-state index in [0.717, 1.165) is 34.4 Å². The lowest BCUT2D eigenvalue weighted by atomic mass is 10.0. The molecule has 5 aromatic rings. The SMILES string of the molecule is COc1ccc(-c2nc3sc4c(OC(=O)C(C)C)cccc4c3c(=O)n2Cc2cnco2)c(C2CC2)c1. The Morgan fingerprint density at radius 3 is 2.78 bits per heavy atom. The number of carbonyl (C=O) groups is 1. The highest BCUT2D eigenvalue weighted by atomic mass is 32.1. The van der Waals surface area contributed by atoms with Crippen LogP contribution in [0.25, 0.3) is 31.7 Å². The Morgan fingerprint density at radius 2 is 2.08 bits per heavy atom. The molecule has 2 aromatic carbocycles. The van der Waals surface area contributed by atoms with Crippen molar-refractivity contribution in [3.8, 4) is 22.9 Å². The molecule has 0 unspecified atom stereocenters. The minimum absolute atomic E-state index is 0.187. The van der Waals surface area contributed by atoms with E-state index in [9.17, 15) is 9.59 Å². The molecule has 1 aliphatic carbocycles. The minimum atomic E-state index is -0.325. The fraction of sp³-hybridized carbons (Fsp3) is 0.286. The van der Waals surface area contributed by atoms with E-state index in [1.54, 1.807) is 43.9 Å². The molecule has 1 fully saturated rings. The molecule has 1 saturated carbocycles. The normalized spacial score (nSPS) is 13.5. The summed E-state index contributed by atoms with van der Waals surface area (Å²) >= 11 is 1.36. The number of rotatable bonds is 7. The van der Waals surface area contributed by atoms with Crippen LogP contribution in [0, 0.1) is 5.92 Å². The third-order valence-electron chi connectivity index (χ3n) is 6.58. The van der Waals surface area contributed by atoms with Crippen LogP contribution in [-0.2, 0) is 11.3 Å². The molecule has 0 amide bonds.